The number of hydrogen-bond acceptors (Lipinski definition) is 2. The number of hydrogen-bond donors (Lipinski definition) is 0. The molecule has 0 spiro atoms. The first-order valence-corrected chi connectivity index (χ1v) is 10.4. The molecule has 1 aliphatic carbocycles. The van der Waals surface area contributed by atoms with E-state index in [1.807, 2.05) is 60.7 Å². The highest BCUT2D eigenvalue weighted by Gasteiger charge is 2.42. The lowest BCUT2D eigenvalue weighted by Gasteiger charge is -2.29. The molecular weight excluding hydrogens is 415 g/mol. The maximum absolute atomic E-state index is 13.5. The standard InChI is InChI=1S/C26H14Cl2O2/c27-19-11-9-15(13-20(19)28)22-23-16-6-2-1-5-14(16)10-12-21(23)30-26-18-8-4-3-7-17(18)25(29)24(22)26/h1-13,22H. The number of ether oxygens (including phenoxy) is 1. The Hall–Kier alpha value is -3.07. The zero-order valence-electron chi connectivity index (χ0n) is 15.7. The van der Waals surface area contributed by atoms with Crippen molar-refractivity contribution in [2.45, 2.75) is 5.92 Å². The molecular formula is C26H14Cl2O2. The van der Waals surface area contributed by atoms with Gasteiger partial charge >= 0.3 is 0 Å². The van der Waals surface area contributed by atoms with Crippen LogP contribution < -0.4 is 4.74 Å². The second-order valence-corrected chi connectivity index (χ2v) is 8.34. The Morgan fingerprint density at radius 1 is 0.767 bits per heavy atom. The third-order valence-electron chi connectivity index (χ3n) is 5.90. The average Bonchev–Trinajstić information content (AvgIpc) is 3.06. The van der Waals surface area contributed by atoms with Gasteiger partial charge in [0.05, 0.1) is 15.6 Å². The first-order chi connectivity index (χ1) is 14.6. The van der Waals surface area contributed by atoms with Gasteiger partial charge < -0.3 is 4.74 Å². The van der Waals surface area contributed by atoms with Gasteiger partial charge in [-0.3, -0.25) is 4.79 Å². The summed E-state index contributed by atoms with van der Waals surface area (Å²) in [6, 6.07) is 25.4. The molecule has 1 unspecified atom stereocenters. The molecule has 0 N–H and O–H groups in total. The minimum absolute atomic E-state index is 0.00439. The Morgan fingerprint density at radius 3 is 2.37 bits per heavy atom. The highest BCUT2D eigenvalue weighted by atomic mass is 35.5. The highest BCUT2D eigenvalue weighted by Crippen LogP contribution is 2.52. The predicted molar refractivity (Wildman–Crippen MR) is 121 cm³/mol. The lowest BCUT2D eigenvalue weighted by molar-refractivity contribution is 0.103. The summed E-state index contributed by atoms with van der Waals surface area (Å²) < 4.78 is 6.37. The van der Waals surface area contributed by atoms with E-state index in [1.54, 1.807) is 6.07 Å². The molecule has 0 saturated carbocycles. The lowest BCUT2D eigenvalue weighted by Crippen LogP contribution is -2.18. The summed E-state index contributed by atoms with van der Waals surface area (Å²) in [5.41, 5.74) is 4.05. The van der Waals surface area contributed by atoms with Crippen molar-refractivity contribution in [3.8, 4) is 5.75 Å². The predicted octanol–water partition coefficient (Wildman–Crippen LogP) is 7.28. The minimum atomic E-state index is -0.301. The van der Waals surface area contributed by atoms with Gasteiger partial charge in [-0.2, -0.15) is 0 Å². The number of carbonyl (C=O) groups excluding carboxylic acids is 1. The van der Waals surface area contributed by atoms with E-state index in [0.29, 0.717) is 26.9 Å². The number of carbonyl (C=O) groups is 1. The highest BCUT2D eigenvalue weighted by molar-refractivity contribution is 6.42. The van der Waals surface area contributed by atoms with E-state index in [9.17, 15) is 4.79 Å². The van der Waals surface area contributed by atoms with E-state index in [-0.39, 0.29) is 11.7 Å². The van der Waals surface area contributed by atoms with Gasteiger partial charge in [0.15, 0.2) is 5.78 Å². The average molecular weight is 429 g/mol. The smallest absolute Gasteiger partial charge is 0.194 e. The van der Waals surface area contributed by atoms with Crippen molar-refractivity contribution >= 4 is 45.5 Å². The van der Waals surface area contributed by atoms with Crippen LogP contribution >= 0.6 is 23.2 Å². The van der Waals surface area contributed by atoms with Crippen LogP contribution in [0, 0.1) is 0 Å². The van der Waals surface area contributed by atoms with Gasteiger partial charge in [0.2, 0.25) is 0 Å². The van der Waals surface area contributed by atoms with Crippen LogP contribution in [0.4, 0.5) is 0 Å². The second kappa shape index (κ2) is 6.46. The number of allylic oxidation sites excluding steroid dienone is 1. The molecule has 0 radical (unpaired) electrons. The molecule has 4 aromatic carbocycles. The van der Waals surface area contributed by atoms with Crippen molar-refractivity contribution in [1.29, 1.82) is 0 Å². The number of ketones is 1. The first-order valence-electron chi connectivity index (χ1n) is 9.66. The minimum Gasteiger partial charge on any atom is -0.456 e. The van der Waals surface area contributed by atoms with Crippen LogP contribution in [0.25, 0.3) is 16.5 Å². The fourth-order valence-electron chi connectivity index (χ4n) is 4.59. The van der Waals surface area contributed by atoms with Crippen molar-refractivity contribution in [1.82, 2.24) is 0 Å². The van der Waals surface area contributed by atoms with Crippen LogP contribution in [0.3, 0.4) is 0 Å². The molecule has 0 amide bonds. The zero-order chi connectivity index (χ0) is 20.4. The van der Waals surface area contributed by atoms with Crippen LogP contribution in [0.5, 0.6) is 5.75 Å². The number of rotatable bonds is 1. The normalized spacial score (nSPS) is 16.9. The summed E-state index contributed by atoms with van der Waals surface area (Å²) in [6.07, 6.45) is 0. The van der Waals surface area contributed by atoms with Crippen molar-refractivity contribution in [2.75, 3.05) is 0 Å². The topological polar surface area (TPSA) is 26.3 Å². The molecule has 2 nitrogen and oxygen atoms in total. The molecule has 1 aliphatic heterocycles. The number of halogens is 2. The van der Waals surface area contributed by atoms with Crippen LogP contribution in [0.15, 0.2) is 84.4 Å². The van der Waals surface area contributed by atoms with E-state index in [4.69, 9.17) is 27.9 Å². The van der Waals surface area contributed by atoms with E-state index >= 15 is 0 Å². The monoisotopic (exact) mass is 428 g/mol. The summed E-state index contributed by atoms with van der Waals surface area (Å²) in [5, 5.41) is 3.10. The molecule has 4 heteroatoms. The van der Waals surface area contributed by atoms with Gasteiger partial charge in [-0.25, -0.2) is 0 Å². The van der Waals surface area contributed by atoms with Gasteiger partial charge in [-0.05, 0) is 34.5 Å². The van der Waals surface area contributed by atoms with E-state index < -0.39 is 0 Å². The zero-order valence-corrected chi connectivity index (χ0v) is 17.2. The Labute approximate surface area is 183 Å². The van der Waals surface area contributed by atoms with E-state index in [1.165, 1.54) is 0 Å². The van der Waals surface area contributed by atoms with Crippen molar-refractivity contribution in [2.24, 2.45) is 0 Å². The molecule has 0 aromatic heterocycles. The molecule has 0 saturated heterocycles. The van der Waals surface area contributed by atoms with Crippen molar-refractivity contribution < 1.29 is 9.53 Å². The summed E-state index contributed by atoms with van der Waals surface area (Å²) in [6.45, 7) is 0. The third-order valence-corrected chi connectivity index (χ3v) is 6.64. The summed E-state index contributed by atoms with van der Waals surface area (Å²) in [4.78, 5) is 13.5. The van der Waals surface area contributed by atoms with Crippen LogP contribution in [-0.2, 0) is 0 Å². The molecule has 0 bridgehead atoms. The summed E-state index contributed by atoms with van der Waals surface area (Å²) in [7, 11) is 0. The third kappa shape index (κ3) is 2.41. The Kier molecular flexibility index (Phi) is 3.83. The van der Waals surface area contributed by atoms with Gasteiger partial charge in [0.1, 0.15) is 11.5 Å². The molecule has 30 heavy (non-hydrogen) atoms. The number of Topliss-reactive ketones (excluding diaryl/α,β-unsaturated/α-hetero) is 1. The lowest BCUT2D eigenvalue weighted by atomic mass is 9.79. The molecule has 2 aliphatic rings. The van der Waals surface area contributed by atoms with E-state index in [2.05, 4.69) is 12.1 Å². The molecule has 144 valence electrons. The van der Waals surface area contributed by atoms with Gasteiger partial charge in [-0.15, -0.1) is 0 Å². The Morgan fingerprint density at radius 2 is 1.53 bits per heavy atom. The molecule has 1 atom stereocenters. The first kappa shape index (κ1) is 17.8. The summed E-state index contributed by atoms with van der Waals surface area (Å²) in [5.74, 6) is 1.09. The second-order valence-electron chi connectivity index (χ2n) is 7.52. The fraction of sp³-hybridized carbons (Fsp3) is 0.0385. The van der Waals surface area contributed by atoms with Gasteiger partial charge in [0.25, 0.3) is 0 Å². The summed E-state index contributed by atoms with van der Waals surface area (Å²) >= 11 is 12.6. The maximum atomic E-state index is 13.5. The Balaban J connectivity index is 1.70. The molecule has 4 aromatic rings. The maximum Gasteiger partial charge on any atom is 0.194 e. The van der Waals surface area contributed by atoms with Crippen LogP contribution in [0.2, 0.25) is 10.0 Å². The van der Waals surface area contributed by atoms with Crippen LogP contribution in [-0.4, -0.2) is 5.78 Å². The molecule has 6 rings (SSSR count). The molecule has 0 fully saturated rings. The Bertz CT molecular complexity index is 1420. The van der Waals surface area contributed by atoms with Gasteiger partial charge in [-0.1, -0.05) is 83.9 Å². The van der Waals surface area contributed by atoms with Gasteiger partial charge in [0, 0.05) is 22.6 Å². The molecule has 1 heterocycles. The van der Waals surface area contributed by atoms with Crippen molar-refractivity contribution in [3.63, 3.8) is 0 Å². The van der Waals surface area contributed by atoms with Crippen LogP contribution in [0.1, 0.15) is 33.0 Å². The van der Waals surface area contributed by atoms with E-state index in [0.717, 1.165) is 33.2 Å². The number of fused-ring (bicyclic) bond motifs is 5. The largest absolute Gasteiger partial charge is 0.456 e. The quantitative estimate of drug-likeness (QED) is 0.318. The number of benzene rings is 4. The van der Waals surface area contributed by atoms with Crippen molar-refractivity contribution in [3.05, 3.63) is 117 Å². The fourth-order valence-corrected chi connectivity index (χ4v) is 4.89. The SMILES string of the molecule is O=C1C2=C(Oc3ccc4ccccc4c3C2c2ccc(Cl)c(Cl)c2)c2ccccc21.